The number of hydrogen-bond donors (Lipinski definition) is 1. The van der Waals surface area contributed by atoms with Crippen LogP contribution in [0, 0.1) is 0 Å². The van der Waals surface area contributed by atoms with Crippen molar-refractivity contribution >= 4 is 51.7 Å². The molecule has 1 saturated heterocycles. The van der Waals surface area contributed by atoms with Gasteiger partial charge in [-0.2, -0.15) is 0 Å². The zero-order valence-electron chi connectivity index (χ0n) is 18.5. The van der Waals surface area contributed by atoms with Crippen molar-refractivity contribution in [1.82, 2.24) is 15.1 Å². The molecule has 2 amide bonds. The standard InChI is InChI=1S/C23H23N5O4S2/c1-32-21(31)18-10-6-5-9-17(18)20(30)27-11-13-28(14-12-27)22-25-26-23(34-22)33-15-19(29)24-16-7-3-2-4-8-16/h2-10H,11-15H2,1H3,(H,24,29). The average Bonchev–Trinajstić information content (AvgIpc) is 3.36. The molecule has 3 aromatic rings. The van der Waals surface area contributed by atoms with Crippen molar-refractivity contribution in [1.29, 1.82) is 0 Å². The van der Waals surface area contributed by atoms with Gasteiger partial charge in [-0.3, -0.25) is 9.59 Å². The van der Waals surface area contributed by atoms with Crippen molar-refractivity contribution in [2.24, 2.45) is 0 Å². The fraction of sp³-hybridized carbons (Fsp3) is 0.261. The van der Waals surface area contributed by atoms with Crippen LogP contribution in [0.2, 0.25) is 0 Å². The van der Waals surface area contributed by atoms with Crippen LogP contribution in [-0.2, 0) is 9.53 Å². The van der Waals surface area contributed by atoms with Crippen LogP contribution in [-0.4, -0.2) is 71.9 Å². The van der Waals surface area contributed by atoms with Gasteiger partial charge >= 0.3 is 5.97 Å². The Balaban J connectivity index is 1.29. The number of nitrogens with zero attached hydrogens (tertiary/aromatic N) is 4. The number of hydrogen-bond acceptors (Lipinski definition) is 9. The highest BCUT2D eigenvalue weighted by atomic mass is 32.2. The molecule has 176 valence electrons. The second kappa shape index (κ2) is 11.1. The molecule has 0 radical (unpaired) electrons. The maximum atomic E-state index is 13.0. The summed E-state index contributed by atoms with van der Waals surface area (Å²) in [4.78, 5) is 40.9. The lowest BCUT2D eigenvalue weighted by atomic mass is 10.1. The summed E-state index contributed by atoms with van der Waals surface area (Å²) in [5, 5.41) is 12.0. The number of carbonyl (C=O) groups excluding carboxylic acids is 3. The van der Waals surface area contributed by atoms with Crippen LogP contribution in [0.4, 0.5) is 10.8 Å². The van der Waals surface area contributed by atoms with E-state index in [2.05, 4.69) is 20.4 Å². The molecular formula is C23H23N5O4S2. The number of esters is 1. The first-order valence-corrected chi connectivity index (χ1v) is 12.4. The van der Waals surface area contributed by atoms with Gasteiger partial charge in [-0.25, -0.2) is 4.79 Å². The van der Waals surface area contributed by atoms with Crippen LogP contribution in [0.25, 0.3) is 0 Å². The zero-order valence-corrected chi connectivity index (χ0v) is 20.1. The first-order valence-electron chi connectivity index (χ1n) is 10.6. The number of ether oxygens (including phenoxy) is 1. The maximum absolute atomic E-state index is 13.0. The molecule has 1 aliphatic rings. The largest absolute Gasteiger partial charge is 0.465 e. The van der Waals surface area contributed by atoms with Crippen LogP contribution in [0.1, 0.15) is 20.7 Å². The summed E-state index contributed by atoms with van der Waals surface area (Å²) in [6.45, 7) is 2.19. The molecule has 1 N–H and O–H groups in total. The molecule has 1 aliphatic heterocycles. The summed E-state index contributed by atoms with van der Waals surface area (Å²) in [7, 11) is 1.30. The van der Waals surface area contributed by atoms with E-state index in [1.54, 1.807) is 29.2 Å². The minimum absolute atomic E-state index is 0.104. The molecule has 0 bridgehead atoms. The lowest BCUT2D eigenvalue weighted by Crippen LogP contribution is -2.49. The van der Waals surface area contributed by atoms with Crippen molar-refractivity contribution < 1.29 is 19.1 Å². The quantitative estimate of drug-likeness (QED) is 0.392. The molecule has 2 heterocycles. The van der Waals surface area contributed by atoms with Gasteiger partial charge in [0.1, 0.15) is 0 Å². The molecule has 0 aliphatic carbocycles. The number of amides is 2. The number of benzene rings is 2. The van der Waals surface area contributed by atoms with E-state index in [4.69, 9.17) is 4.74 Å². The van der Waals surface area contributed by atoms with Crippen molar-refractivity contribution in [3.05, 3.63) is 65.7 Å². The summed E-state index contributed by atoms with van der Waals surface area (Å²) in [6.07, 6.45) is 0. The fourth-order valence-electron chi connectivity index (χ4n) is 3.46. The van der Waals surface area contributed by atoms with Gasteiger partial charge in [-0.05, 0) is 24.3 Å². The molecule has 0 atom stereocenters. The van der Waals surface area contributed by atoms with Crippen molar-refractivity contribution in [2.45, 2.75) is 4.34 Å². The molecule has 0 saturated carbocycles. The smallest absolute Gasteiger partial charge is 0.338 e. The Kier molecular flexibility index (Phi) is 7.76. The number of carbonyl (C=O) groups is 3. The van der Waals surface area contributed by atoms with Crippen LogP contribution in [0.5, 0.6) is 0 Å². The highest BCUT2D eigenvalue weighted by molar-refractivity contribution is 8.01. The third kappa shape index (κ3) is 5.72. The number of rotatable bonds is 7. The Hall–Kier alpha value is -3.44. The third-order valence-electron chi connectivity index (χ3n) is 5.18. The average molecular weight is 498 g/mol. The number of aromatic nitrogens is 2. The lowest BCUT2D eigenvalue weighted by molar-refractivity contribution is -0.113. The maximum Gasteiger partial charge on any atom is 0.338 e. The summed E-state index contributed by atoms with van der Waals surface area (Å²) >= 11 is 2.76. The minimum atomic E-state index is -0.529. The number of methoxy groups -OCH3 is 1. The number of anilines is 2. The van der Waals surface area contributed by atoms with Crippen molar-refractivity contribution in [3.8, 4) is 0 Å². The molecule has 2 aromatic carbocycles. The van der Waals surface area contributed by atoms with Crippen LogP contribution in [0.15, 0.2) is 58.9 Å². The van der Waals surface area contributed by atoms with E-state index < -0.39 is 5.97 Å². The first kappa shape index (κ1) is 23.7. The van der Waals surface area contributed by atoms with E-state index >= 15 is 0 Å². The minimum Gasteiger partial charge on any atom is -0.465 e. The predicted octanol–water partition coefficient (Wildman–Crippen LogP) is 3.02. The van der Waals surface area contributed by atoms with Crippen LogP contribution >= 0.6 is 23.1 Å². The van der Waals surface area contributed by atoms with E-state index in [0.717, 1.165) is 10.8 Å². The number of nitrogens with one attached hydrogen (secondary N) is 1. The molecule has 4 rings (SSSR count). The highest BCUT2D eigenvalue weighted by Gasteiger charge is 2.27. The van der Waals surface area contributed by atoms with Gasteiger partial charge in [0.25, 0.3) is 5.91 Å². The Labute approximate surface area is 205 Å². The predicted molar refractivity (Wildman–Crippen MR) is 132 cm³/mol. The van der Waals surface area contributed by atoms with Gasteiger partial charge in [-0.1, -0.05) is 53.4 Å². The van der Waals surface area contributed by atoms with Crippen LogP contribution in [0.3, 0.4) is 0 Å². The second-order valence-electron chi connectivity index (χ2n) is 7.37. The van der Waals surface area contributed by atoms with Crippen molar-refractivity contribution in [2.75, 3.05) is 49.3 Å². The van der Waals surface area contributed by atoms with E-state index in [9.17, 15) is 14.4 Å². The Morgan fingerprint density at radius 3 is 2.35 bits per heavy atom. The van der Waals surface area contributed by atoms with Gasteiger partial charge in [0.15, 0.2) is 4.34 Å². The van der Waals surface area contributed by atoms with Gasteiger partial charge in [0.05, 0.1) is 24.0 Å². The highest BCUT2D eigenvalue weighted by Crippen LogP contribution is 2.29. The molecular weight excluding hydrogens is 474 g/mol. The molecule has 0 unspecified atom stereocenters. The van der Waals surface area contributed by atoms with Gasteiger partial charge in [0.2, 0.25) is 11.0 Å². The first-order chi connectivity index (χ1) is 16.5. The molecule has 9 nitrogen and oxygen atoms in total. The summed E-state index contributed by atoms with van der Waals surface area (Å²) in [6, 6.07) is 16.0. The van der Waals surface area contributed by atoms with Gasteiger partial charge < -0.3 is 19.9 Å². The number of piperazine rings is 1. The normalized spacial score (nSPS) is 13.4. The van der Waals surface area contributed by atoms with E-state index in [1.165, 1.54) is 30.2 Å². The Bertz CT molecular complexity index is 1160. The Morgan fingerprint density at radius 1 is 0.971 bits per heavy atom. The summed E-state index contributed by atoms with van der Waals surface area (Å²) < 4.78 is 5.51. The molecule has 1 fully saturated rings. The lowest BCUT2D eigenvalue weighted by Gasteiger charge is -2.34. The summed E-state index contributed by atoms with van der Waals surface area (Å²) in [5.41, 5.74) is 1.36. The fourth-order valence-corrected chi connectivity index (χ4v) is 5.16. The van der Waals surface area contributed by atoms with Crippen molar-refractivity contribution in [3.63, 3.8) is 0 Å². The molecule has 1 aromatic heterocycles. The topological polar surface area (TPSA) is 105 Å². The second-order valence-corrected chi connectivity index (χ2v) is 9.55. The number of thioether (sulfide) groups is 1. The monoisotopic (exact) mass is 497 g/mol. The number of para-hydroxylation sites is 1. The van der Waals surface area contributed by atoms with E-state index in [1.807, 2.05) is 30.3 Å². The van der Waals surface area contributed by atoms with Crippen LogP contribution < -0.4 is 10.2 Å². The SMILES string of the molecule is COC(=O)c1ccccc1C(=O)N1CCN(c2nnc(SCC(=O)Nc3ccccc3)s2)CC1. The van der Waals surface area contributed by atoms with Gasteiger partial charge in [0, 0.05) is 31.9 Å². The third-order valence-corrected chi connectivity index (χ3v) is 7.30. The van der Waals surface area contributed by atoms with Gasteiger partial charge in [-0.15, -0.1) is 10.2 Å². The summed E-state index contributed by atoms with van der Waals surface area (Å²) in [5.74, 6) is -0.587. The van der Waals surface area contributed by atoms with E-state index in [-0.39, 0.29) is 23.1 Å². The molecule has 0 spiro atoms. The van der Waals surface area contributed by atoms with E-state index in [0.29, 0.717) is 36.1 Å². The molecule has 34 heavy (non-hydrogen) atoms. The molecule has 11 heteroatoms. The Morgan fingerprint density at radius 2 is 1.65 bits per heavy atom. The zero-order chi connectivity index (χ0) is 23.9.